The summed E-state index contributed by atoms with van der Waals surface area (Å²) in [5.74, 6) is 0. The van der Waals surface area contributed by atoms with Crippen LogP contribution in [0, 0.1) is 10.1 Å². The highest BCUT2D eigenvalue weighted by atomic mass is 32.2. The molecule has 2 aromatic rings. The first-order valence-electron chi connectivity index (χ1n) is 6.31. The molecule has 0 aliphatic carbocycles. The molecule has 0 aromatic heterocycles. The van der Waals surface area contributed by atoms with Gasteiger partial charge < -0.3 is 10.5 Å². The fraction of sp³-hybridized carbons (Fsp3) is 0.133. The first-order chi connectivity index (χ1) is 10.1. The lowest BCUT2D eigenvalue weighted by Gasteiger charge is -2.15. The van der Waals surface area contributed by atoms with Crippen LogP contribution in [-0.2, 0) is 4.79 Å². The smallest absolute Gasteiger partial charge is 0.269 e. The molecule has 0 saturated heterocycles. The zero-order chi connectivity index (χ0) is 15.2. The second-order valence-corrected chi connectivity index (χ2v) is 5.64. The van der Waals surface area contributed by atoms with E-state index in [0.29, 0.717) is 5.69 Å². The molecule has 0 saturated carbocycles. The maximum Gasteiger partial charge on any atom is 0.269 e. The van der Waals surface area contributed by atoms with Crippen molar-refractivity contribution >= 4 is 29.4 Å². The minimum absolute atomic E-state index is 0.0185. The predicted octanol–water partition coefficient (Wildman–Crippen LogP) is 3.60. The lowest BCUT2D eigenvalue weighted by Crippen LogP contribution is -1.98. The molecule has 6 heteroatoms. The number of nitro groups is 1. The molecule has 0 bridgehead atoms. The molecule has 5 nitrogen and oxygen atoms in total. The zero-order valence-corrected chi connectivity index (χ0v) is 12.0. The van der Waals surface area contributed by atoms with E-state index >= 15 is 0 Å². The average Bonchev–Trinajstić information content (AvgIpc) is 2.49. The molecule has 0 aliphatic heterocycles. The number of nitrogen functional groups attached to an aromatic ring is 1. The van der Waals surface area contributed by atoms with Gasteiger partial charge in [-0.3, -0.25) is 10.1 Å². The molecule has 0 radical (unpaired) electrons. The van der Waals surface area contributed by atoms with Gasteiger partial charge in [-0.15, -0.1) is 11.8 Å². The van der Waals surface area contributed by atoms with Crippen molar-refractivity contribution in [1.82, 2.24) is 0 Å². The van der Waals surface area contributed by atoms with E-state index < -0.39 is 4.92 Å². The van der Waals surface area contributed by atoms with Gasteiger partial charge in [-0.2, -0.15) is 0 Å². The van der Waals surface area contributed by atoms with Crippen molar-refractivity contribution in [2.45, 2.75) is 16.6 Å². The SMILES string of the molecule is Nc1ccccc1SC(CC=O)c1cccc([N+](=O)[O-])c1. The first-order valence-corrected chi connectivity index (χ1v) is 7.19. The minimum Gasteiger partial charge on any atom is -0.398 e. The number of hydrogen-bond donors (Lipinski definition) is 1. The largest absolute Gasteiger partial charge is 0.398 e. The van der Waals surface area contributed by atoms with Gasteiger partial charge in [0.25, 0.3) is 5.69 Å². The molecule has 0 amide bonds. The van der Waals surface area contributed by atoms with E-state index in [2.05, 4.69) is 0 Å². The van der Waals surface area contributed by atoms with Gasteiger partial charge in [0.1, 0.15) is 6.29 Å². The summed E-state index contributed by atoms with van der Waals surface area (Å²) in [6, 6.07) is 13.7. The summed E-state index contributed by atoms with van der Waals surface area (Å²) in [5, 5.41) is 10.7. The number of non-ortho nitro benzene ring substituents is 1. The number of nitro benzene ring substituents is 1. The van der Waals surface area contributed by atoms with Crippen LogP contribution in [0.5, 0.6) is 0 Å². The summed E-state index contributed by atoms with van der Waals surface area (Å²) in [5.41, 5.74) is 7.29. The number of nitrogens with zero attached hydrogens (tertiary/aromatic N) is 1. The Morgan fingerprint density at radius 3 is 2.67 bits per heavy atom. The molecule has 108 valence electrons. The van der Waals surface area contributed by atoms with Gasteiger partial charge >= 0.3 is 0 Å². The van der Waals surface area contributed by atoms with Crippen LogP contribution in [0.4, 0.5) is 11.4 Å². The molecule has 0 spiro atoms. The fourth-order valence-electron chi connectivity index (χ4n) is 1.92. The number of para-hydroxylation sites is 1. The summed E-state index contributed by atoms with van der Waals surface area (Å²) < 4.78 is 0. The van der Waals surface area contributed by atoms with Crippen molar-refractivity contribution in [3.05, 3.63) is 64.2 Å². The van der Waals surface area contributed by atoms with Crippen LogP contribution < -0.4 is 5.73 Å². The minimum atomic E-state index is -0.441. The molecule has 2 aromatic carbocycles. The number of thioether (sulfide) groups is 1. The Hall–Kier alpha value is -2.34. The van der Waals surface area contributed by atoms with E-state index in [-0.39, 0.29) is 17.4 Å². The summed E-state index contributed by atoms with van der Waals surface area (Å²) in [7, 11) is 0. The number of benzene rings is 2. The third kappa shape index (κ3) is 3.82. The van der Waals surface area contributed by atoms with Gasteiger partial charge in [0.2, 0.25) is 0 Å². The van der Waals surface area contributed by atoms with E-state index in [0.717, 1.165) is 16.7 Å². The Bertz CT molecular complexity index is 661. The highest BCUT2D eigenvalue weighted by Crippen LogP contribution is 2.40. The van der Waals surface area contributed by atoms with Crippen LogP contribution in [0.15, 0.2) is 53.4 Å². The summed E-state index contributed by atoms with van der Waals surface area (Å²) in [6.45, 7) is 0. The van der Waals surface area contributed by atoms with Gasteiger partial charge in [0.15, 0.2) is 0 Å². The fourth-order valence-corrected chi connectivity index (χ4v) is 3.04. The number of hydrogen-bond acceptors (Lipinski definition) is 5. The van der Waals surface area contributed by atoms with E-state index in [1.807, 2.05) is 18.2 Å². The average molecular weight is 302 g/mol. The third-order valence-corrected chi connectivity index (χ3v) is 4.33. The van der Waals surface area contributed by atoms with Crippen molar-refractivity contribution in [1.29, 1.82) is 0 Å². The van der Waals surface area contributed by atoms with E-state index in [1.165, 1.54) is 23.9 Å². The monoisotopic (exact) mass is 302 g/mol. The first kappa shape index (κ1) is 15.1. The normalized spacial score (nSPS) is 11.8. The summed E-state index contributed by atoms with van der Waals surface area (Å²) in [4.78, 5) is 22.2. The van der Waals surface area contributed by atoms with Crippen LogP contribution in [-0.4, -0.2) is 11.2 Å². The number of anilines is 1. The Balaban J connectivity index is 2.31. The van der Waals surface area contributed by atoms with Gasteiger partial charge in [-0.05, 0) is 17.7 Å². The van der Waals surface area contributed by atoms with E-state index in [4.69, 9.17) is 5.73 Å². The summed E-state index contributed by atoms with van der Waals surface area (Å²) >= 11 is 1.43. The zero-order valence-electron chi connectivity index (χ0n) is 11.1. The molecule has 21 heavy (non-hydrogen) atoms. The molecule has 2 rings (SSSR count). The number of aldehydes is 1. The molecular formula is C15H14N2O3S. The highest BCUT2D eigenvalue weighted by Gasteiger charge is 2.17. The van der Waals surface area contributed by atoms with Crippen LogP contribution in [0.3, 0.4) is 0 Å². The summed E-state index contributed by atoms with van der Waals surface area (Å²) in [6.07, 6.45) is 1.08. The predicted molar refractivity (Wildman–Crippen MR) is 83.2 cm³/mol. The molecule has 2 N–H and O–H groups in total. The number of rotatable bonds is 6. The van der Waals surface area contributed by atoms with Crippen molar-refractivity contribution < 1.29 is 9.72 Å². The van der Waals surface area contributed by atoms with Gasteiger partial charge in [0, 0.05) is 34.4 Å². The van der Waals surface area contributed by atoms with Gasteiger partial charge in [0.05, 0.1) is 4.92 Å². The lowest BCUT2D eigenvalue weighted by molar-refractivity contribution is -0.384. The number of carbonyl (C=O) groups is 1. The van der Waals surface area contributed by atoms with Crippen LogP contribution in [0.25, 0.3) is 0 Å². The van der Waals surface area contributed by atoms with Gasteiger partial charge in [-0.25, -0.2) is 0 Å². The highest BCUT2D eigenvalue weighted by molar-refractivity contribution is 7.99. The Labute approximate surface area is 126 Å². The van der Waals surface area contributed by atoms with E-state index in [1.54, 1.807) is 18.2 Å². The third-order valence-electron chi connectivity index (χ3n) is 2.95. The molecule has 0 heterocycles. The molecule has 0 aliphatic rings. The molecule has 0 fully saturated rings. The Morgan fingerprint density at radius 1 is 1.24 bits per heavy atom. The standard InChI is InChI=1S/C15H14N2O3S/c16-13-6-1-2-7-15(13)21-14(8-9-18)11-4-3-5-12(10-11)17(19)20/h1-7,9-10,14H,8,16H2. The van der Waals surface area contributed by atoms with Crippen molar-refractivity contribution in [3.63, 3.8) is 0 Å². The van der Waals surface area contributed by atoms with Crippen molar-refractivity contribution in [2.24, 2.45) is 0 Å². The second-order valence-electron chi connectivity index (χ2n) is 4.40. The van der Waals surface area contributed by atoms with Crippen molar-refractivity contribution in [3.8, 4) is 0 Å². The topological polar surface area (TPSA) is 86.2 Å². The maximum atomic E-state index is 10.9. The maximum absolute atomic E-state index is 10.9. The molecular weight excluding hydrogens is 288 g/mol. The second kappa shape index (κ2) is 6.90. The van der Waals surface area contributed by atoms with Crippen molar-refractivity contribution in [2.75, 3.05) is 5.73 Å². The quantitative estimate of drug-likeness (QED) is 0.290. The number of nitrogens with two attached hydrogens (primary N) is 1. The van der Waals surface area contributed by atoms with Crippen LogP contribution >= 0.6 is 11.8 Å². The molecule has 1 unspecified atom stereocenters. The van der Waals surface area contributed by atoms with Crippen LogP contribution in [0.1, 0.15) is 17.2 Å². The Kier molecular flexibility index (Phi) is 4.94. The van der Waals surface area contributed by atoms with Crippen LogP contribution in [0.2, 0.25) is 0 Å². The van der Waals surface area contributed by atoms with E-state index in [9.17, 15) is 14.9 Å². The number of carbonyl (C=O) groups excluding carboxylic acids is 1. The lowest BCUT2D eigenvalue weighted by atomic mass is 10.1. The van der Waals surface area contributed by atoms with Gasteiger partial charge in [-0.1, -0.05) is 24.3 Å². The molecule has 1 atom stereocenters. The Morgan fingerprint density at radius 2 is 2.00 bits per heavy atom.